The molecule has 0 aromatic rings. The largest absolute Gasteiger partial charge is 0.515 e. The number of nitrogens with one attached hydrogen (secondary N) is 2. The predicted molar refractivity (Wildman–Crippen MR) is 64.2 cm³/mol. The van der Waals surface area contributed by atoms with E-state index in [1.165, 1.54) is 6.08 Å². The summed E-state index contributed by atoms with van der Waals surface area (Å²) in [5.74, 6) is -0.245. The van der Waals surface area contributed by atoms with Crippen molar-refractivity contribution in [2.45, 2.75) is 20.8 Å². The van der Waals surface area contributed by atoms with E-state index in [1.54, 1.807) is 20.8 Å². The quantitative estimate of drug-likeness (QED) is 0.345. The molecule has 1 amide bonds. The Balaban J connectivity index is 4.71. The van der Waals surface area contributed by atoms with E-state index < -0.39 is 5.41 Å². The minimum absolute atomic E-state index is 0.0191. The number of hydrogen-bond donors (Lipinski definition) is 4. The van der Waals surface area contributed by atoms with Crippen LogP contribution in [0.4, 0.5) is 0 Å². The summed E-state index contributed by atoms with van der Waals surface area (Å²) in [4.78, 5) is 11.5. The van der Waals surface area contributed by atoms with Crippen molar-refractivity contribution in [1.82, 2.24) is 5.32 Å². The minimum atomic E-state index is -0.573. The third-order valence-electron chi connectivity index (χ3n) is 1.64. The minimum Gasteiger partial charge on any atom is -0.515 e. The molecule has 0 spiro atoms. The first-order valence-corrected chi connectivity index (χ1v) is 4.93. The number of allylic oxidation sites excluding steroid dienone is 2. The Labute approximate surface area is 99.5 Å². The van der Waals surface area contributed by atoms with Crippen molar-refractivity contribution in [3.05, 3.63) is 23.7 Å². The molecular formula is C10H16ClN3O2. The van der Waals surface area contributed by atoms with Crippen LogP contribution in [0.5, 0.6) is 0 Å². The van der Waals surface area contributed by atoms with E-state index in [2.05, 4.69) is 5.32 Å². The van der Waals surface area contributed by atoms with Gasteiger partial charge in [-0.15, -0.1) is 0 Å². The predicted octanol–water partition coefficient (Wildman–Crippen LogP) is 1.61. The maximum Gasteiger partial charge on any atom is 0.230 e. The Hall–Kier alpha value is -1.49. The van der Waals surface area contributed by atoms with Gasteiger partial charge in [0.25, 0.3) is 0 Å². The second-order valence-corrected chi connectivity index (χ2v) is 4.58. The highest BCUT2D eigenvalue weighted by Crippen LogP contribution is 2.13. The van der Waals surface area contributed by atoms with Crippen molar-refractivity contribution in [3.63, 3.8) is 0 Å². The zero-order chi connectivity index (χ0) is 12.9. The second kappa shape index (κ2) is 5.55. The fourth-order valence-corrected chi connectivity index (χ4v) is 0.783. The Morgan fingerprint density at radius 2 is 2.00 bits per heavy atom. The van der Waals surface area contributed by atoms with Crippen LogP contribution in [0.15, 0.2) is 23.7 Å². The summed E-state index contributed by atoms with van der Waals surface area (Å²) in [5.41, 5.74) is 4.96. The number of carbonyl (C=O) groups excluding carboxylic acids is 1. The van der Waals surface area contributed by atoms with E-state index in [9.17, 15) is 4.79 Å². The normalized spacial score (nSPS) is 13.5. The number of nitrogens with two attached hydrogens (primary N) is 1. The maximum atomic E-state index is 11.5. The highest BCUT2D eigenvalue weighted by Gasteiger charge is 2.21. The summed E-state index contributed by atoms with van der Waals surface area (Å²) in [7, 11) is 0. The van der Waals surface area contributed by atoms with Crippen LogP contribution in [0, 0.1) is 10.8 Å². The van der Waals surface area contributed by atoms with Gasteiger partial charge in [-0.3, -0.25) is 10.2 Å². The molecule has 0 aliphatic carbocycles. The number of amides is 1. The molecule has 16 heavy (non-hydrogen) atoms. The maximum absolute atomic E-state index is 11.5. The summed E-state index contributed by atoms with van der Waals surface area (Å²) >= 11 is 5.36. The number of aliphatic hydroxyl groups excluding tert-OH is 1. The molecule has 0 aliphatic rings. The average molecular weight is 246 g/mol. The van der Waals surface area contributed by atoms with Crippen molar-refractivity contribution < 1.29 is 9.90 Å². The molecule has 0 unspecified atom stereocenters. The molecule has 0 aliphatic heterocycles. The molecule has 0 radical (unpaired) electrons. The van der Waals surface area contributed by atoms with Crippen LogP contribution in [-0.4, -0.2) is 16.2 Å². The number of hydrogen-bond acceptors (Lipinski definition) is 4. The molecule has 0 saturated heterocycles. The molecule has 0 aromatic heterocycles. The molecule has 0 bridgehead atoms. The van der Waals surface area contributed by atoms with Gasteiger partial charge >= 0.3 is 0 Å². The van der Waals surface area contributed by atoms with Crippen molar-refractivity contribution in [3.8, 4) is 0 Å². The van der Waals surface area contributed by atoms with Gasteiger partial charge in [-0.2, -0.15) is 0 Å². The van der Waals surface area contributed by atoms with Crippen molar-refractivity contribution in [1.29, 1.82) is 5.41 Å². The Bertz CT molecular complexity index is 354. The molecule has 0 atom stereocenters. The van der Waals surface area contributed by atoms with Gasteiger partial charge < -0.3 is 16.2 Å². The van der Waals surface area contributed by atoms with Gasteiger partial charge in [0, 0.05) is 11.0 Å². The average Bonchev–Trinajstić information content (AvgIpc) is 2.11. The lowest BCUT2D eigenvalue weighted by Crippen LogP contribution is -2.36. The Morgan fingerprint density at radius 1 is 1.50 bits per heavy atom. The highest BCUT2D eigenvalue weighted by atomic mass is 35.5. The molecular weight excluding hydrogens is 230 g/mol. The number of halogens is 1. The van der Waals surface area contributed by atoms with Gasteiger partial charge in [-0.1, -0.05) is 32.4 Å². The molecule has 0 heterocycles. The van der Waals surface area contributed by atoms with Crippen molar-refractivity contribution >= 4 is 22.7 Å². The van der Waals surface area contributed by atoms with Crippen LogP contribution < -0.4 is 11.1 Å². The second-order valence-electron chi connectivity index (χ2n) is 4.20. The monoisotopic (exact) mass is 245 g/mol. The lowest BCUT2D eigenvalue weighted by Gasteiger charge is -2.17. The first-order chi connectivity index (χ1) is 7.18. The number of carbonyl (C=O) groups is 1. The van der Waals surface area contributed by atoms with Gasteiger partial charge in [0.2, 0.25) is 5.91 Å². The Kier molecular flexibility index (Phi) is 5.04. The summed E-state index contributed by atoms with van der Waals surface area (Å²) < 4.78 is 0. The SMILES string of the molecule is CC(C)(C)C(=O)N/C(N)=C/C(=CO)C(=N)Cl. The standard InChI is InChI=1S/C10H16ClN3O2/c1-10(2,3)9(16)14-7(12)4-6(5-15)8(11)13/h4-5,13,15H,12H2,1-3H3,(H,14,16)/b6-5?,7-4+,13-8?. The van der Waals surface area contributed by atoms with E-state index in [0.29, 0.717) is 6.26 Å². The van der Waals surface area contributed by atoms with Crippen LogP contribution in [0.1, 0.15) is 20.8 Å². The molecule has 5 nitrogen and oxygen atoms in total. The van der Waals surface area contributed by atoms with E-state index >= 15 is 0 Å². The third-order valence-corrected chi connectivity index (χ3v) is 1.86. The van der Waals surface area contributed by atoms with E-state index in [1.807, 2.05) is 0 Å². The van der Waals surface area contributed by atoms with Crippen LogP contribution in [0.2, 0.25) is 0 Å². The van der Waals surface area contributed by atoms with Crippen molar-refractivity contribution in [2.75, 3.05) is 0 Å². The summed E-state index contributed by atoms with van der Waals surface area (Å²) in [6, 6.07) is 0. The van der Waals surface area contributed by atoms with E-state index in [0.717, 1.165) is 0 Å². The summed E-state index contributed by atoms with van der Waals surface area (Å²) in [5, 5.41) is 17.9. The number of rotatable bonds is 3. The molecule has 90 valence electrons. The zero-order valence-electron chi connectivity index (χ0n) is 9.47. The summed E-state index contributed by atoms with van der Waals surface area (Å²) in [6.07, 6.45) is 1.85. The van der Waals surface area contributed by atoms with E-state index in [-0.39, 0.29) is 22.5 Å². The van der Waals surface area contributed by atoms with Crippen LogP contribution >= 0.6 is 11.6 Å². The fraction of sp³-hybridized carbons (Fsp3) is 0.400. The molecule has 5 N–H and O–H groups in total. The first kappa shape index (κ1) is 14.5. The van der Waals surface area contributed by atoms with Crippen LogP contribution in [-0.2, 0) is 4.79 Å². The molecule has 0 saturated carbocycles. The van der Waals surface area contributed by atoms with Crippen LogP contribution in [0.25, 0.3) is 0 Å². The van der Waals surface area contributed by atoms with E-state index in [4.69, 9.17) is 27.9 Å². The highest BCUT2D eigenvalue weighted by molar-refractivity contribution is 6.69. The number of aliphatic hydroxyl groups is 1. The molecule has 0 rings (SSSR count). The first-order valence-electron chi connectivity index (χ1n) is 4.56. The summed E-state index contributed by atoms with van der Waals surface area (Å²) in [6.45, 7) is 5.21. The Morgan fingerprint density at radius 3 is 2.31 bits per heavy atom. The van der Waals surface area contributed by atoms with Gasteiger partial charge in [0.05, 0.1) is 6.26 Å². The smallest absolute Gasteiger partial charge is 0.230 e. The van der Waals surface area contributed by atoms with Crippen molar-refractivity contribution in [2.24, 2.45) is 11.1 Å². The third kappa shape index (κ3) is 4.84. The van der Waals surface area contributed by atoms with Gasteiger partial charge in [0.1, 0.15) is 11.0 Å². The fourth-order valence-electron chi connectivity index (χ4n) is 0.680. The topological polar surface area (TPSA) is 99.2 Å². The van der Waals surface area contributed by atoms with Crippen LogP contribution in [0.3, 0.4) is 0 Å². The molecule has 0 fully saturated rings. The van der Waals surface area contributed by atoms with Gasteiger partial charge in [-0.05, 0) is 6.08 Å². The lowest BCUT2D eigenvalue weighted by atomic mass is 9.96. The van der Waals surface area contributed by atoms with Gasteiger partial charge in [0.15, 0.2) is 0 Å². The lowest BCUT2D eigenvalue weighted by molar-refractivity contribution is -0.127. The molecule has 6 heteroatoms. The molecule has 0 aromatic carbocycles. The zero-order valence-corrected chi connectivity index (χ0v) is 10.2. The van der Waals surface area contributed by atoms with Gasteiger partial charge in [-0.25, -0.2) is 0 Å².